The number of aromatic nitrogens is 3. The van der Waals surface area contributed by atoms with Crippen molar-refractivity contribution in [3.05, 3.63) is 33.9 Å². The highest BCUT2D eigenvalue weighted by atomic mass is 35.5. The number of halogens is 1. The third-order valence-electron chi connectivity index (χ3n) is 3.36. The average molecular weight is 339 g/mol. The highest BCUT2D eigenvalue weighted by Crippen LogP contribution is 2.22. The number of carbonyl (C=O) groups is 1. The summed E-state index contributed by atoms with van der Waals surface area (Å²) in [5.74, 6) is 0.509. The monoisotopic (exact) mass is 338 g/mol. The maximum absolute atomic E-state index is 12.4. The van der Waals surface area contributed by atoms with Crippen LogP contribution in [0.15, 0.2) is 18.3 Å². The topological polar surface area (TPSA) is 68.2 Å². The Kier molecular flexibility index (Phi) is 4.54. The molecule has 116 valence electrons. The van der Waals surface area contributed by atoms with Crippen LogP contribution in [0.1, 0.15) is 28.7 Å². The molecule has 22 heavy (non-hydrogen) atoms. The summed E-state index contributed by atoms with van der Waals surface area (Å²) >= 11 is 6.94. The summed E-state index contributed by atoms with van der Waals surface area (Å²) in [6.45, 7) is 3.15. The smallest absolute Gasteiger partial charge is 0.267 e. The van der Waals surface area contributed by atoms with Crippen LogP contribution in [0.2, 0.25) is 5.02 Å². The van der Waals surface area contributed by atoms with Crippen molar-refractivity contribution in [2.24, 2.45) is 0 Å². The minimum absolute atomic E-state index is 0.0117. The van der Waals surface area contributed by atoms with Crippen molar-refractivity contribution in [3.8, 4) is 5.88 Å². The number of amides is 1. The van der Waals surface area contributed by atoms with Gasteiger partial charge in [-0.25, -0.2) is 4.98 Å². The average Bonchev–Trinajstić information content (AvgIpc) is 2.92. The van der Waals surface area contributed by atoms with E-state index in [-0.39, 0.29) is 12.0 Å². The van der Waals surface area contributed by atoms with E-state index in [9.17, 15) is 4.79 Å². The Balaban J connectivity index is 1.55. The van der Waals surface area contributed by atoms with Crippen LogP contribution in [-0.2, 0) is 6.42 Å². The Morgan fingerprint density at radius 1 is 1.50 bits per heavy atom. The Hall–Kier alpha value is -1.73. The number of likely N-dealkylation sites (tertiary alicyclic amines) is 1. The summed E-state index contributed by atoms with van der Waals surface area (Å²) in [6, 6.07) is 3.45. The fourth-order valence-corrected chi connectivity index (χ4v) is 2.98. The third-order valence-corrected chi connectivity index (χ3v) is 4.34. The van der Waals surface area contributed by atoms with Gasteiger partial charge in [-0.15, -0.1) is 5.10 Å². The first-order chi connectivity index (χ1) is 10.7. The normalized spacial score (nSPS) is 14.7. The van der Waals surface area contributed by atoms with E-state index in [4.69, 9.17) is 16.3 Å². The SMILES string of the molecule is CCCc1nnsc1C(=O)N1CC(Oc2ccc(Cl)cn2)C1. The molecular formula is C14H15ClN4O2S. The summed E-state index contributed by atoms with van der Waals surface area (Å²) in [4.78, 5) is 18.9. The van der Waals surface area contributed by atoms with Crippen LogP contribution in [0.5, 0.6) is 5.88 Å². The van der Waals surface area contributed by atoms with Crippen molar-refractivity contribution in [1.82, 2.24) is 19.5 Å². The number of hydrogen-bond acceptors (Lipinski definition) is 6. The largest absolute Gasteiger partial charge is 0.471 e. The number of rotatable bonds is 5. The number of nitrogens with zero attached hydrogens (tertiary/aromatic N) is 4. The van der Waals surface area contributed by atoms with Crippen LogP contribution in [-0.4, -0.2) is 44.6 Å². The van der Waals surface area contributed by atoms with E-state index in [0.29, 0.717) is 28.9 Å². The highest BCUT2D eigenvalue weighted by Gasteiger charge is 2.35. The molecule has 1 aliphatic rings. The molecule has 1 saturated heterocycles. The van der Waals surface area contributed by atoms with E-state index >= 15 is 0 Å². The molecule has 1 fully saturated rings. The van der Waals surface area contributed by atoms with E-state index in [1.165, 1.54) is 0 Å². The predicted molar refractivity (Wildman–Crippen MR) is 83.5 cm³/mol. The second-order valence-electron chi connectivity index (χ2n) is 5.06. The third kappa shape index (κ3) is 3.20. The molecule has 1 amide bonds. The van der Waals surface area contributed by atoms with Crippen LogP contribution in [0.25, 0.3) is 0 Å². The van der Waals surface area contributed by atoms with E-state index < -0.39 is 0 Å². The number of carbonyl (C=O) groups excluding carboxylic acids is 1. The first kappa shape index (κ1) is 15.2. The number of aryl methyl sites for hydroxylation is 1. The van der Waals surface area contributed by atoms with Gasteiger partial charge in [0, 0.05) is 12.3 Å². The molecule has 8 heteroatoms. The first-order valence-corrected chi connectivity index (χ1v) is 8.21. The lowest BCUT2D eigenvalue weighted by Gasteiger charge is -2.38. The second-order valence-corrected chi connectivity index (χ2v) is 6.25. The number of ether oxygens (including phenoxy) is 1. The van der Waals surface area contributed by atoms with Crippen molar-refractivity contribution in [3.63, 3.8) is 0 Å². The summed E-state index contributed by atoms with van der Waals surface area (Å²) in [5.41, 5.74) is 0.793. The van der Waals surface area contributed by atoms with Crippen LogP contribution in [0.3, 0.4) is 0 Å². The standard InChI is InChI=1S/C14H15ClN4O2S/c1-2-3-11-13(22-18-17-11)14(20)19-7-10(8-19)21-12-5-4-9(15)6-16-12/h4-6,10H,2-3,7-8H2,1H3. The Labute approximate surface area is 137 Å². The molecule has 0 saturated carbocycles. The summed E-state index contributed by atoms with van der Waals surface area (Å²) in [7, 11) is 0. The highest BCUT2D eigenvalue weighted by molar-refractivity contribution is 7.08. The van der Waals surface area contributed by atoms with Crippen molar-refractivity contribution in [1.29, 1.82) is 0 Å². The molecule has 0 atom stereocenters. The molecule has 3 heterocycles. The van der Waals surface area contributed by atoms with Crippen molar-refractivity contribution < 1.29 is 9.53 Å². The summed E-state index contributed by atoms with van der Waals surface area (Å²) in [5, 5.41) is 4.60. The van der Waals surface area contributed by atoms with Gasteiger partial charge < -0.3 is 9.64 Å². The van der Waals surface area contributed by atoms with Gasteiger partial charge in [0.1, 0.15) is 11.0 Å². The lowest BCUT2D eigenvalue weighted by Crippen LogP contribution is -2.56. The van der Waals surface area contributed by atoms with E-state index in [1.54, 1.807) is 23.2 Å². The molecule has 0 N–H and O–H groups in total. The van der Waals surface area contributed by atoms with Crippen LogP contribution in [0.4, 0.5) is 0 Å². The van der Waals surface area contributed by atoms with Crippen molar-refractivity contribution in [2.75, 3.05) is 13.1 Å². The van der Waals surface area contributed by atoms with Crippen molar-refractivity contribution in [2.45, 2.75) is 25.9 Å². The maximum Gasteiger partial charge on any atom is 0.267 e. The van der Waals surface area contributed by atoms with Crippen LogP contribution in [0, 0.1) is 0 Å². The molecule has 2 aromatic rings. The molecule has 0 aromatic carbocycles. The van der Waals surface area contributed by atoms with Gasteiger partial charge >= 0.3 is 0 Å². The molecule has 0 unspecified atom stereocenters. The molecule has 0 aliphatic carbocycles. The lowest BCUT2D eigenvalue weighted by atomic mass is 10.1. The van der Waals surface area contributed by atoms with Gasteiger partial charge in [0.05, 0.1) is 23.8 Å². The predicted octanol–water partition coefficient (Wildman–Crippen LogP) is 2.44. The molecule has 0 bridgehead atoms. The molecule has 3 rings (SSSR count). The Morgan fingerprint density at radius 3 is 3.00 bits per heavy atom. The summed E-state index contributed by atoms with van der Waals surface area (Å²) < 4.78 is 9.58. The molecular weight excluding hydrogens is 324 g/mol. The molecule has 0 spiro atoms. The zero-order valence-electron chi connectivity index (χ0n) is 12.0. The van der Waals surface area contributed by atoms with Gasteiger partial charge in [0.25, 0.3) is 5.91 Å². The van der Waals surface area contributed by atoms with Gasteiger partial charge in [0.2, 0.25) is 5.88 Å². The van der Waals surface area contributed by atoms with E-state index in [2.05, 4.69) is 21.5 Å². The van der Waals surface area contributed by atoms with Gasteiger partial charge in [0.15, 0.2) is 0 Å². The van der Waals surface area contributed by atoms with Crippen LogP contribution >= 0.6 is 23.1 Å². The Bertz CT molecular complexity index is 655. The zero-order chi connectivity index (χ0) is 15.5. The molecule has 1 aliphatic heterocycles. The first-order valence-electron chi connectivity index (χ1n) is 7.06. The van der Waals surface area contributed by atoms with Crippen LogP contribution < -0.4 is 4.74 Å². The minimum Gasteiger partial charge on any atom is -0.471 e. The molecule has 2 aromatic heterocycles. The lowest BCUT2D eigenvalue weighted by molar-refractivity contribution is 0.0163. The van der Waals surface area contributed by atoms with E-state index in [1.807, 2.05) is 0 Å². The molecule has 0 radical (unpaired) electrons. The Morgan fingerprint density at radius 2 is 2.32 bits per heavy atom. The fourth-order valence-electron chi connectivity index (χ4n) is 2.20. The number of pyridine rings is 1. The number of hydrogen-bond donors (Lipinski definition) is 0. The van der Waals surface area contributed by atoms with Gasteiger partial charge in [-0.2, -0.15) is 0 Å². The van der Waals surface area contributed by atoms with E-state index in [0.717, 1.165) is 30.1 Å². The maximum atomic E-state index is 12.4. The van der Waals surface area contributed by atoms with Gasteiger partial charge in [-0.3, -0.25) is 4.79 Å². The molecule has 6 nitrogen and oxygen atoms in total. The fraction of sp³-hybridized carbons (Fsp3) is 0.429. The second kappa shape index (κ2) is 6.58. The zero-order valence-corrected chi connectivity index (χ0v) is 13.6. The van der Waals surface area contributed by atoms with Gasteiger partial charge in [-0.1, -0.05) is 29.4 Å². The van der Waals surface area contributed by atoms with Crippen molar-refractivity contribution >= 4 is 29.0 Å². The van der Waals surface area contributed by atoms with Gasteiger partial charge in [-0.05, 0) is 24.0 Å². The quantitative estimate of drug-likeness (QED) is 0.837. The summed E-state index contributed by atoms with van der Waals surface area (Å²) in [6.07, 6.45) is 3.23. The minimum atomic E-state index is -0.0341.